The first-order valence-electron chi connectivity index (χ1n) is 8.65. The van der Waals surface area contributed by atoms with Crippen molar-refractivity contribution in [2.75, 3.05) is 23.3 Å². The topological polar surface area (TPSA) is 75.5 Å². The van der Waals surface area contributed by atoms with Crippen LogP contribution in [-0.4, -0.2) is 23.9 Å². The summed E-state index contributed by atoms with van der Waals surface area (Å²) in [5.74, 6) is -0.363. The van der Waals surface area contributed by atoms with Gasteiger partial charge in [0.05, 0.1) is 4.92 Å². The molecule has 1 heterocycles. The molecule has 0 aromatic heterocycles. The maximum atomic E-state index is 12.5. The van der Waals surface area contributed by atoms with Crippen molar-refractivity contribution in [3.63, 3.8) is 0 Å². The molecule has 1 N–H and O–H groups in total. The molecule has 7 heteroatoms. The number of rotatable bonds is 4. The van der Waals surface area contributed by atoms with E-state index in [0.717, 1.165) is 43.2 Å². The van der Waals surface area contributed by atoms with Crippen LogP contribution in [0.4, 0.5) is 17.1 Å². The summed E-state index contributed by atoms with van der Waals surface area (Å²) in [6.07, 6.45) is 4.36. The van der Waals surface area contributed by atoms with Gasteiger partial charge in [-0.25, -0.2) is 0 Å². The van der Waals surface area contributed by atoms with Gasteiger partial charge in [-0.15, -0.1) is 0 Å². The maximum absolute atomic E-state index is 12.5. The molecular formula is C19H20BrN3O3. The third-order valence-corrected chi connectivity index (χ3v) is 5.01. The average Bonchev–Trinajstić information content (AvgIpc) is 2.92. The first kappa shape index (κ1) is 18.4. The predicted molar refractivity (Wildman–Crippen MR) is 106 cm³/mol. The minimum atomic E-state index is -0.406. The van der Waals surface area contributed by atoms with Crippen molar-refractivity contribution in [3.05, 3.63) is 62.6 Å². The van der Waals surface area contributed by atoms with E-state index in [1.807, 2.05) is 12.1 Å². The van der Waals surface area contributed by atoms with E-state index in [1.54, 1.807) is 24.3 Å². The number of nitro groups is 1. The highest BCUT2D eigenvalue weighted by atomic mass is 79.9. The predicted octanol–water partition coefficient (Wildman–Crippen LogP) is 4.99. The average molecular weight is 418 g/mol. The number of nitro benzene ring substituents is 1. The van der Waals surface area contributed by atoms with Crippen LogP contribution < -0.4 is 10.2 Å². The second kappa shape index (κ2) is 8.31. The fourth-order valence-corrected chi connectivity index (χ4v) is 3.39. The van der Waals surface area contributed by atoms with Crippen LogP contribution in [0.5, 0.6) is 0 Å². The van der Waals surface area contributed by atoms with E-state index in [4.69, 9.17) is 0 Å². The van der Waals surface area contributed by atoms with E-state index in [9.17, 15) is 14.9 Å². The number of nitrogens with zero attached hydrogens (tertiary/aromatic N) is 2. The molecule has 0 spiro atoms. The number of halogens is 1. The van der Waals surface area contributed by atoms with Crippen LogP contribution in [0.1, 0.15) is 36.0 Å². The zero-order chi connectivity index (χ0) is 18.5. The lowest BCUT2D eigenvalue weighted by Crippen LogP contribution is -2.25. The van der Waals surface area contributed by atoms with Crippen LogP contribution in [0.2, 0.25) is 0 Å². The monoisotopic (exact) mass is 417 g/mol. The van der Waals surface area contributed by atoms with Crippen LogP contribution in [0, 0.1) is 10.1 Å². The molecule has 26 heavy (non-hydrogen) atoms. The van der Waals surface area contributed by atoms with E-state index in [0.29, 0.717) is 11.4 Å². The van der Waals surface area contributed by atoms with Crippen molar-refractivity contribution in [3.8, 4) is 0 Å². The van der Waals surface area contributed by atoms with Gasteiger partial charge in [0.25, 0.3) is 11.6 Å². The largest absolute Gasteiger partial charge is 0.366 e. The third kappa shape index (κ3) is 4.40. The summed E-state index contributed by atoms with van der Waals surface area (Å²) in [6.45, 7) is 1.62. The molecule has 0 unspecified atom stereocenters. The molecular weight excluding hydrogens is 398 g/mol. The second-order valence-corrected chi connectivity index (χ2v) is 7.24. The van der Waals surface area contributed by atoms with Gasteiger partial charge in [-0.3, -0.25) is 14.9 Å². The Kier molecular flexibility index (Phi) is 5.88. The summed E-state index contributed by atoms with van der Waals surface area (Å²) in [7, 11) is 0. The molecule has 0 atom stereocenters. The molecule has 2 aromatic carbocycles. The van der Waals surface area contributed by atoms with Gasteiger partial charge in [-0.2, -0.15) is 0 Å². The van der Waals surface area contributed by atoms with Crippen molar-refractivity contribution in [2.45, 2.75) is 25.7 Å². The number of hydrogen-bond donors (Lipinski definition) is 1. The van der Waals surface area contributed by atoms with Crippen LogP contribution in [0.15, 0.2) is 46.9 Å². The second-order valence-electron chi connectivity index (χ2n) is 6.32. The summed E-state index contributed by atoms with van der Waals surface area (Å²) in [5, 5.41) is 14.3. The van der Waals surface area contributed by atoms with Crippen LogP contribution >= 0.6 is 15.9 Å². The summed E-state index contributed by atoms with van der Waals surface area (Å²) in [6, 6.07) is 11.9. The van der Waals surface area contributed by atoms with Crippen LogP contribution in [0.3, 0.4) is 0 Å². The first-order chi connectivity index (χ1) is 12.5. The summed E-state index contributed by atoms with van der Waals surface area (Å²) >= 11 is 3.34. The molecule has 0 saturated carbocycles. The fourth-order valence-electron chi connectivity index (χ4n) is 3.13. The molecule has 1 saturated heterocycles. The molecule has 0 bridgehead atoms. The zero-order valence-electron chi connectivity index (χ0n) is 14.3. The molecule has 3 rings (SSSR count). The number of amides is 1. The van der Waals surface area contributed by atoms with Crippen molar-refractivity contribution in [1.82, 2.24) is 0 Å². The van der Waals surface area contributed by atoms with Crippen molar-refractivity contribution >= 4 is 38.9 Å². The lowest BCUT2D eigenvalue weighted by molar-refractivity contribution is -0.384. The standard InChI is InChI=1S/C19H20BrN3O3/c20-15-6-8-16(9-7-15)21-19(24)14-5-10-17(18(13-14)23(25)26)22-11-3-1-2-4-12-22/h5-10,13H,1-4,11-12H2,(H,21,24). The lowest BCUT2D eigenvalue weighted by atomic mass is 10.1. The highest BCUT2D eigenvalue weighted by Crippen LogP contribution is 2.31. The van der Waals surface area contributed by atoms with Crippen LogP contribution in [0.25, 0.3) is 0 Å². The molecule has 0 aliphatic carbocycles. The Morgan fingerprint density at radius 3 is 2.31 bits per heavy atom. The molecule has 0 radical (unpaired) electrons. The van der Waals surface area contributed by atoms with Gasteiger partial charge in [-0.1, -0.05) is 28.8 Å². The molecule has 2 aromatic rings. The Hall–Kier alpha value is -2.41. The highest BCUT2D eigenvalue weighted by molar-refractivity contribution is 9.10. The summed E-state index contributed by atoms with van der Waals surface area (Å²) in [4.78, 5) is 25.7. The Balaban J connectivity index is 1.84. The first-order valence-corrected chi connectivity index (χ1v) is 9.44. The van der Waals surface area contributed by atoms with Gasteiger partial charge in [0.1, 0.15) is 5.69 Å². The minimum Gasteiger partial charge on any atom is -0.366 e. The summed E-state index contributed by atoms with van der Waals surface area (Å²) in [5.41, 5.74) is 1.49. The van der Waals surface area contributed by atoms with E-state index in [2.05, 4.69) is 26.1 Å². The Bertz CT molecular complexity index is 800. The van der Waals surface area contributed by atoms with Crippen molar-refractivity contribution in [1.29, 1.82) is 0 Å². The third-order valence-electron chi connectivity index (χ3n) is 4.48. The van der Waals surface area contributed by atoms with Gasteiger partial charge >= 0.3 is 0 Å². The molecule has 1 aliphatic rings. The molecule has 6 nitrogen and oxygen atoms in total. The number of carbonyl (C=O) groups excluding carboxylic acids is 1. The van der Waals surface area contributed by atoms with E-state index < -0.39 is 4.92 Å². The number of nitrogens with one attached hydrogen (secondary N) is 1. The highest BCUT2D eigenvalue weighted by Gasteiger charge is 2.22. The van der Waals surface area contributed by atoms with Gasteiger partial charge in [-0.05, 0) is 49.2 Å². The van der Waals surface area contributed by atoms with Gasteiger partial charge in [0.2, 0.25) is 0 Å². The smallest absolute Gasteiger partial charge is 0.293 e. The van der Waals surface area contributed by atoms with Crippen molar-refractivity contribution in [2.24, 2.45) is 0 Å². The Morgan fingerprint density at radius 2 is 1.69 bits per heavy atom. The number of anilines is 2. The van der Waals surface area contributed by atoms with E-state index >= 15 is 0 Å². The van der Waals surface area contributed by atoms with Gasteiger partial charge in [0, 0.05) is 34.9 Å². The van der Waals surface area contributed by atoms with E-state index in [1.165, 1.54) is 6.07 Å². The number of hydrogen-bond acceptors (Lipinski definition) is 4. The summed E-state index contributed by atoms with van der Waals surface area (Å²) < 4.78 is 0.910. The van der Waals surface area contributed by atoms with E-state index in [-0.39, 0.29) is 17.2 Å². The maximum Gasteiger partial charge on any atom is 0.293 e. The van der Waals surface area contributed by atoms with Crippen LogP contribution in [-0.2, 0) is 0 Å². The zero-order valence-corrected chi connectivity index (χ0v) is 15.9. The fraction of sp³-hybridized carbons (Fsp3) is 0.316. The quantitative estimate of drug-likeness (QED) is 0.561. The number of benzene rings is 2. The molecule has 1 fully saturated rings. The van der Waals surface area contributed by atoms with Crippen molar-refractivity contribution < 1.29 is 9.72 Å². The normalized spacial score (nSPS) is 14.6. The molecule has 1 aliphatic heterocycles. The Morgan fingerprint density at radius 1 is 1.04 bits per heavy atom. The van der Waals surface area contributed by atoms with Gasteiger partial charge in [0.15, 0.2) is 0 Å². The minimum absolute atomic E-state index is 0.0182. The molecule has 136 valence electrons. The molecule has 1 amide bonds. The SMILES string of the molecule is O=C(Nc1ccc(Br)cc1)c1ccc(N2CCCCCC2)c([N+](=O)[O-])c1. The Labute approximate surface area is 160 Å². The van der Waals surface area contributed by atoms with Gasteiger partial charge < -0.3 is 10.2 Å². The number of carbonyl (C=O) groups is 1. The lowest BCUT2D eigenvalue weighted by Gasteiger charge is -2.22.